The van der Waals surface area contributed by atoms with Crippen molar-refractivity contribution in [2.45, 2.75) is 35.9 Å². The molecule has 0 aliphatic carbocycles. The lowest BCUT2D eigenvalue weighted by Gasteiger charge is -2.21. The molecule has 13 heteroatoms. The van der Waals surface area contributed by atoms with Crippen LogP contribution in [-0.2, 0) is 14.8 Å². The molecule has 1 aromatic heterocycles. The predicted octanol–water partition coefficient (Wildman–Crippen LogP) is 4.47. The van der Waals surface area contributed by atoms with Gasteiger partial charge in [0.05, 0.1) is 10.6 Å². The lowest BCUT2D eigenvalue weighted by atomic mass is 10.2. The van der Waals surface area contributed by atoms with Gasteiger partial charge in [0, 0.05) is 24.3 Å². The number of sulfonamides is 1. The SMILES string of the molecule is CCCN(CCC)S(=O)(=O)c1ccc(C(=O)Nc2nnc(SCC(=O)Nc3ccc(F)cc3)s2)cc1. The van der Waals surface area contributed by atoms with Crippen molar-refractivity contribution >= 4 is 55.8 Å². The maximum Gasteiger partial charge on any atom is 0.257 e. The normalized spacial score (nSPS) is 11.4. The molecule has 0 spiro atoms. The molecule has 0 aliphatic rings. The molecule has 0 aliphatic heterocycles. The summed E-state index contributed by atoms with van der Waals surface area (Å²) in [5.41, 5.74) is 0.754. The first-order valence-electron chi connectivity index (χ1n) is 11.2. The average Bonchev–Trinajstić information content (AvgIpc) is 3.31. The number of anilines is 2. The Balaban J connectivity index is 1.55. The van der Waals surface area contributed by atoms with E-state index in [1.54, 1.807) is 0 Å². The zero-order chi connectivity index (χ0) is 26.1. The number of amides is 2. The van der Waals surface area contributed by atoms with Crippen LogP contribution in [0.3, 0.4) is 0 Å². The zero-order valence-electron chi connectivity index (χ0n) is 19.7. The highest BCUT2D eigenvalue weighted by Crippen LogP contribution is 2.26. The van der Waals surface area contributed by atoms with Gasteiger partial charge in [-0.05, 0) is 61.4 Å². The zero-order valence-corrected chi connectivity index (χ0v) is 22.2. The molecule has 2 N–H and O–H groups in total. The van der Waals surface area contributed by atoms with Gasteiger partial charge in [0.25, 0.3) is 5.91 Å². The number of carbonyl (C=O) groups is 2. The minimum absolute atomic E-state index is 0.0585. The summed E-state index contributed by atoms with van der Waals surface area (Å²) < 4.78 is 40.6. The first-order chi connectivity index (χ1) is 17.2. The second-order valence-corrected chi connectivity index (χ2v) is 11.7. The van der Waals surface area contributed by atoms with Crippen LogP contribution in [-0.4, -0.2) is 53.6 Å². The van der Waals surface area contributed by atoms with Crippen LogP contribution in [0.5, 0.6) is 0 Å². The number of benzene rings is 2. The number of hydrogen-bond acceptors (Lipinski definition) is 8. The van der Waals surface area contributed by atoms with E-state index in [9.17, 15) is 22.4 Å². The van der Waals surface area contributed by atoms with E-state index in [0.717, 1.165) is 23.1 Å². The number of halogens is 1. The molecule has 3 rings (SSSR count). The molecule has 0 saturated heterocycles. The number of nitrogens with one attached hydrogen (secondary N) is 2. The summed E-state index contributed by atoms with van der Waals surface area (Å²) in [6.45, 7) is 4.71. The molecule has 0 bridgehead atoms. The highest BCUT2D eigenvalue weighted by atomic mass is 32.2. The van der Waals surface area contributed by atoms with Gasteiger partial charge in [-0.1, -0.05) is 36.9 Å². The van der Waals surface area contributed by atoms with E-state index < -0.39 is 21.7 Å². The summed E-state index contributed by atoms with van der Waals surface area (Å²) in [6, 6.07) is 11.2. The van der Waals surface area contributed by atoms with E-state index in [4.69, 9.17) is 0 Å². The Morgan fingerprint density at radius 1 is 0.972 bits per heavy atom. The van der Waals surface area contributed by atoms with Gasteiger partial charge in [-0.2, -0.15) is 4.31 Å². The maximum absolute atomic E-state index is 13.0. The van der Waals surface area contributed by atoms with Crippen molar-refractivity contribution in [2.24, 2.45) is 0 Å². The van der Waals surface area contributed by atoms with E-state index in [0.29, 0.717) is 36.0 Å². The molecule has 0 atom stereocenters. The predicted molar refractivity (Wildman–Crippen MR) is 139 cm³/mol. The Hall–Kier alpha value is -2.87. The number of carbonyl (C=O) groups excluding carboxylic acids is 2. The molecule has 9 nitrogen and oxygen atoms in total. The molecule has 2 amide bonds. The highest BCUT2D eigenvalue weighted by molar-refractivity contribution is 8.01. The average molecular weight is 552 g/mol. The van der Waals surface area contributed by atoms with Gasteiger partial charge in [-0.3, -0.25) is 14.9 Å². The van der Waals surface area contributed by atoms with Crippen LogP contribution in [0.2, 0.25) is 0 Å². The summed E-state index contributed by atoms with van der Waals surface area (Å²) >= 11 is 2.25. The largest absolute Gasteiger partial charge is 0.325 e. The third-order valence-corrected chi connectivity index (χ3v) is 8.67. The molecule has 3 aromatic rings. The van der Waals surface area contributed by atoms with Crippen LogP contribution in [0.1, 0.15) is 37.0 Å². The van der Waals surface area contributed by atoms with Crippen molar-refractivity contribution in [3.8, 4) is 0 Å². The van der Waals surface area contributed by atoms with Gasteiger partial charge >= 0.3 is 0 Å². The Kier molecular flexibility index (Phi) is 9.93. The number of nitrogens with zero attached hydrogens (tertiary/aromatic N) is 3. The Labute approximate surface area is 217 Å². The fourth-order valence-corrected chi connectivity index (χ4v) is 6.29. The van der Waals surface area contributed by atoms with Crippen molar-refractivity contribution in [3.05, 3.63) is 59.9 Å². The molecule has 0 fully saturated rings. The minimum atomic E-state index is -3.63. The number of hydrogen-bond donors (Lipinski definition) is 2. The van der Waals surface area contributed by atoms with Crippen molar-refractivity contribution in [1.29, 1.82) is 0 Å². The van der Waals surface area contributed by atoms with Crippen LogP contribution >= 0.6 is 23.1 Å². The second-order valence-electron chi connectivity index (χ2n) is 7.60. The second kappa shape index (κ2) is 12.9. The molecule has 2 aromatic carbocycles. The Bertz CT molecular complexity index is 1280. The third kappa shape index (κ3) is 7.56. The summed E-state index contributed by atoms with van der Waals surface area (Å²) in [6.07, 6.45) is 1.42. The van der Waals surface area contributed by atoms with Crippen LogP contribution in [0.4, 0.5) is 15.2 Å². The van der Waals surface area contributed by atoms with Gasteiger partial charge in [-0.25, -0.2) is 12.8 Å². The van der Waals surface area contributed by atoms with Crippen LogP contribution < -0.4 is 10.6 Å². The van der Waals surface area contributed by atoms with Crippen molar-refractivity contribution < 1.29 is 22.4 Å². The molecule has 36 heavy (non-hydrogen) atoms. The quantitative estimate of drug-likeness (QED) is 0.252. The van der Waals surface area contributed by atoms with Gasteiger partial charge in [0.1, 0.15) is 5.82 Å². The van der Waals surface area contributed by atoms with Crippen LogP contribution in [0.25, 0.3) is 0 Å². The molecule has 192 valence electrons. The van der Waals surface area contributed by atoms with Gasteiger partial charge in [-0.15, -0.1) is 10.2 Å². The van der Waals surface area contributed by atoms with Crippen molar-refractivity contribution in [2.75, 3.05) is 29.5 Å². The van der Waals surface area contributed by atoms with Crippen molar-refractivity contribution in [3.63, 3.8) is 0 Å². The molecule has 0 unspecified atom stereocenters. The molecule has 1 heterocycles. The summed E-state index contributed by atoms with van der Waals surface area (Å²) in [5, 5.41) is 13.4. The number of aromatic nitrogens is 2. The van der Waals surface area contributed by atoms with E-state index in [1.165, 1.54) is 52.8 Å². The molecular formula is C23H26FN5O4S3. The summed E-state index contributed by atoms with van der Waals surface area (Å²) in [4.78, 5) is 24.8. The topological polar surface area (TPSA) is 121 Å². The number of rotatable bonds is 12. The lowest BCUT2D eigenvalue weighted by molar-refractivity contribution is -0.113. The van der Waals surface area contributed by atoms with Gasteiger partial charge in [0.2, 0.25) is 21.1 Å². The van der Waals surface area contributed by atoms with E-state index in [2.05, 4.69) is 20.8 Å². The van der Waals surface area contributed by atoms with Gasteiger partial charge < -0.3 is 5.32 Å². The summed E-state index contributed by atoms with van der Waals surface area (Å²) in [7, 11) is -3.63. The molecular weight excluding hydrogens is 525 g/mol. The summed E-state index contributed by atoms with van der Waals surface area (Å²) in [5.74, 6) is -1.08. The van der Waals surface area contributed by atoms with E-state index >= 15 is 0 Å². The van der Waals surface area contributed by atoms with Crippen LogP contribution in [0, 0.1) is 5.82 Å². The molecule has 0 saturated carbocycles. The monoisotopic (exact) mass is 551 g/mol. The fraction of sp³-hybridized carbons (Fsp3) is 0.304. The molecule has 0 radical (unpaired) electrons. The highest BCUT2D eigenvalue weighted by Gasteiger charge is 2.23. The lowest BCUT2D eigenvalue weighted by Crippen LogP contribution is -2.32. The first-order valence-corrected chi connectivity index (χ1v) is 14.4. The smallest absolute Gasteiger partial charge is 0.257 e. The fourth-order valence-electron chi connectivity index (χ4n) is 3.12. The van der Waals surface area contributed by atoms with Gasteiger partial charge in [0.15, 0.2) is 4.34 Å². The van der Waals surface area contributed by atoms with Crippen LogP contribution in [0.15, 0.2) is 57.8 Å². The standard InChI is InChI=1S/C23H26FN5O4S3/c1-3-13-29(14-4-2)36(32,33)19-11-5-16(6-12-19)21(31)26-22-27-28-23(35-22)34-15-20(30)25-18-9-7-17(24)8-10-18/h5-12H,3-4,13-15H2,1-2H3,(H,25,30)(H,26,27,31). The van der Waals surface area contributed by atoms with E-state index in [-0.39, 0.29) is 27.3 Å². The Morgan fingerprint density at radius 2 is 1.61 bits per heavy atom. The van der Waals surface area contributed by atoms with Crippen molar-refractivity contribution in [1.82, 2.24) is 14.5 Å². The maximum atomic E-state index is 13.0. The van der Waals surface area contributed by atoms with E-state index in [1.807, 2.05) is 13.8 Å². The number of thioether (sulfide) groups is 1. The Morgan fingerprint density at radius 3 is 2.22 bits per heavy atom. The third-order valence-electron chi connectivity index (χ3n) is 4.78. The first kappa shape index (κ1) is 27.7. The minimum Gasteiger partial charge on any atom is -0.325 e.